The first-order valence-electron chi connectivity index (χ1n) is 10.4. The predicted octanol–water partition coefficient (Wildman–Crippen LogP) is -1.31. The number of rotatable bonds is 9. The minimum atomic E-state index is -4.17. The quantitative estimate of drug-likeness (QED) is 0.0526. The maximum atomic E-state index is 12.7. The maximum absolute atomic E-state index is 12.7. The summed E-state index contributed by atoms with van der Waals surface area (Å²) in [5, 5.41) is 12.2. The van der Waals surface area contributed by atoms with Gasteiger partial charge in [0.1, 0.15) is 11.5 Å². The molecule has 2 saturated heterocycles. The number of cyclic esters (lactones) is 1. The van der Waals surface area contributed by atoms with Gasteiger partial charge in [-0.1, -0.05) is 0 Å². The number of benzene rings is 1. The number of anilines is 1. The van der Waals surface area contributed by atoms with E-state index in [2.05, 4.69) is 20.7 Å². The molecule has 0 aromatic heterocycles. The first kappa shape index (κ1) is 25.3. The number of hydrazone groups is 1. The van der Waals surface area contributed by atoms with Crippen LogP contribution in [0.25, 0.3) is 0 Å². The molecule has 33 heavy (non-hydrogen) atoms. The molecule has 1 aromatic carbocycles. The fourth-order valence-electron chi connectivity index (χ4n) is 3.98. The van der Waals surface area contributed by atoms with Crippen LogP contribution in [-0.2, 0) is 14.8 Å². The summed E-state index contributed by atoms with van der Waals surface area (Å²) in [5.41, 5.74) is 14.4. The highest BCUT2D eigenvalue weighted by molar-refractivity contribution is 7.98. The third-order valence-electron chi connectivity index (χ3n) is 5.77. The Bertz CT molecular complexity index is 983. The summed E-state index contributed by atoms with van der Waals surface area (Å²) in [7, 11) is -4.17. The summed E-state index contributed by atoms with van der Waals surface area (Å²) in [5.74, 6) is 5.22. The van der Waals surface area contributed by atoms with Gasteiger partial charge in [-0.15, -0.1) is 5.10 Å². The fourth-order valence-corrected chi connectivity index (χ4v) is 6.03. The van der Waals surface area contributed by atoms with Gasteiger partial charge in [-0.2, -0.15) is 0 Å². The monoisotopic (exact) mass is 501 g/mol. The van der Waals surface area contributed by atoms with Gasteiger partial charge in [0.05, 0.1) is 5.56 Å². The lowest BCUT2D eigenvalue weighted by Gasteiger charge is -2.44. The van der Waals surface area contributed by atoms with Crippen LogP contribution in [0, 0.1) is 5.41 Å². The summed E-state index contributed by atoms with van der Waals surface area (Å²) in [4.78, 5) is 13.7. The van der Waals surface area contributed by atoms with Crippen molar-refractivity contribution in [2.75, 3.05) is 44.2 Å². The van der Waals surface area contributed by atoms with Gasteiger partial charge in [-0.05, 0) is 49.9 Å². The number of primary sulfonamides is 1. The summed E-state index contributed by atoms with van der Waals surface area (Å²) in [6, 6.07) is 3.49. The van der Waals surface area contributed by atoms with Crippen molar-refractivity contribution in [2.24, 2.45) is 33.0 Å². The van der Waals surface area contributed by atoms with Gasteiger partial charge in [0.25, 0.3) is 0 Å². The van der Waals surface area contributed by atoms with Crippen LogP contribution in [0.2, 0.25) is 0 Å². The number of hydrogen-bond donors (Lipinski definition) is 7. The Balaban J connectivity index is 1.96. The van der Waals surface area contributed by atoms with E-state index < -0.39 is 16.1 Å². The smallest absolute Gasteiger partial charge is 0.407 e. The molecule has 2 aliphatic rings. The van der Waals surface area contributed by atoms with Crippen molar-refractivity contribution in [3.05, 3.63) is 17.7 Å². The van der Waals surface area contributed by atoms with E-state index in [0.29, 0.717) is 49.9 Å². The van der Waals surface area contributed by atoms with Crippen LogP contribution in [0.15, 0.2) is 27.0 Å². The predicted molar refractivity (Wildman–Crippen MR) is 127 cm³/mol. The molecule has 2 heterocycles. The molecule has 3 rings (SSSR count). The highest BCUT2D eigenvalue weighted by Gasteiger charge is 2.40. The van der Waals surface area contributed by atoms with Crippen LogP contribution in [0.4, 0.5) is 10.5 Å². The summed E-state index contributed by atoms with van der Waals surface area (Å²) in [6.07, 6.45) is 1.79. The number of ether oxygens (including phenoxy) is 1. The molecule has 11 N–H and O–H groups in total. The van der Waals surface area contributed by atoms with Crippen LogP contribution in [0.3, 0.4) is 0 Å². The van der Waals surface area contributed by atoms with Crippen molar-refractivity contribution in [1.82, 2.24) is 15.6 Å². The van der Waals surface area contributed by atoms with E-state index >= 15 is 0 Å². The van der Waals surface area contributed by atoms with Crippen molar-refractivity contribution in [2.45, 2.75) is 29.1 Å². The molecule has 0 bridgehead atoms. The number of alkyl carbamates (subject to hydrolysis) is 1. The van der Waals surface area contributed by atoms with E-state index in [9.17, 15) is 13.2 Å². The average Bonchev–Trinajstić information content (AvgIpc) is 2.78. The normalized spacial score (nSPS) is 18.7. The van der Waals surface area contributed by atoms with Gasteiger partial charge in [-0.3, -0.25) is 4.72 Å². The topological polar surface area (TPSA) is 216 Å². The van der Waals surface area contributed by atoms with E-state index in [1.165, 1.54) is 0 Å². The molecule has 0 atom stereocenters. The molecule has 0 unspecified atom stereocenters. The zero-order valence-electron chi connectivity index (χ0n) is 18.2. The van der Waals surface area contributed by atoms with Crippen LogP contribution in [0.5, 0.6) is 0 Å². The van der Waals surface area contributed by atoms with E-state index in [1.54, 1.807) is 12.1 Å². The summed E-state index contributed by atoms with van der Waals surface area (Å²) >= 11 is 1.13. The number of nitrogens with one attached hydrogen (secondary N) is 3. The van der Waals surface area contributed by atoms with E-state index in [1.807, 2.05) is 4.90 Å². The van der Waals surface area contributed by atoms with Crippen LogP contribution in [0.1, 0.15) is 24.8 Å². The standard InChI is InChI=1S/C18H31N9O4S2/c19-6-1-7-24-32-13-3-2-12(14(16(20)25-26-21)15(13)33(22,29)30)27-8-4-18(5-9-27)10-23-17(28)31-11-18/h2-3,24,26H,1,4-11,19,21H2,(H2,20,25)(H,23,28)(H2,22,29,30). The van der Waals surface area contributed by atoms with E-state index in [4.69, 9.17) is 27.2 Å². The second-order valence-corrected chi connectivity index (χ2v) is 10.4. The lowest BCUT2D eigenvalue weighted by atomic mass is 9.78. The minimum absolute atomic E-state index is 0.102. The van der Waals surface area contributed by atoms with Crippen molar-refractivity contribution in [3.8, 4) is 0 Å². The van der Waals surface area contributed by atoms with Crippen LogP contribution in [-0.4, -0.2) is 59.7 Å². The van der Waals surface area contributed by atoms with Crippen LogP contribution >= 0.6 is 11.9 Å². The van der Waals surface area contributed by atoms with Crippen molar-refractivity contribution >= 4 is 39.6 Å². The fraction of sp³-hybridized carbons (Fsp3) is 0.556. The Hall–Kier alpha value is -2.30. The number of sulfonamides is 1. The van der Waals surface area contributed by atoms with Crippen molar-refractivity contribution < 1.29 is 17.9 Å². The maximum Gasteiger partial charge on any atom is 0.407 e. The number of carbonyl (C=O) groups is 1. The highest BCUT2D eigenvalue weighted by atomic mass is 32.2. The third kappa shape index (κ3) is 5.99. The Morgan fingerprint density at radius 1 is 1.33 bits per heavy atom. The van der Waals surface area contributed by atoms with Gasteiger partial charge in [-0.25, -0.2) is 29.7 Å². The number of amides is 1. The number of nitrogens with zero attached hydrogens (tertiary/aromatic N) is 2. The number of carbonyl (C=O) groups excluding carboxylic acids is 1. The Morgan fingerprint density at radius 3 is 2.64 bits per heavy atom. The van der Waals surface area contributed by atoms with E-state index in [-0.39, 0.29) is 21.7 Å². The number of nitrogens with two attached hydrogens (primary N) is 4. The van der Waals surface area contributed by atoms with Gasteiger partial charge in [0.2, 0.25) is 10.0 Å². The molecule has 2 aliphatic heterocycles. The zero-order valence-corrected chi connectivity index (χ0v) is 19.8. The molecule has 13 nitrogen and oxygen atoms in total. The zero-order chi connectivity index (χ0) is 24.1. The van der Waals surface area contributed by atoms with Crippen LogP contribution < -0.4 is 42.9 Å². The molecular formula is C18H31N9O4S2. The Morgan fingerprint density at radius 2 is 2.06 bits per heavy atom. The van der Waals surface area contributed by atoms with Gasteiger partial charge in [0.15, 0.2) is 5.84 Å². The number of amidine groups is 1. The molecule has 1 amide bonds. The molecule has 1 spiro atoms. The number of hydrogen-bond acceptors (Lipinski definition) is 11. The molecule has 1 aromatic rings. The Kier molecular flexibility index (Phi) is 8.25. The molecule has 0 saturated carbocycles. The second kappa shape index (κ2) is 10.8. The molecule has 184 valence electrons. The van der Waals surface area contributed by atoms with E-state index in [0.717, 1.165) is 31.2 Å². The van der Waals surface area contributed by atoms with Crippen molar-refractivity contribution in [1.29, 1.82) is 0 Å². The largest absolute Gasteiger partial charge is 0.449 e. The highest BCUT2D eigenvalue weighted by Crippen LogP contribution is 2.39. The minimum Gasteiger partial charge on any atom is -0.449 e. The molecule has 2 fully saturated rings. The number of hydrazine groups is 1. The van der Waals surface area contributed by atoms with Gasteiger partial charge < -0.3 is 26.4 Å². The van der Waals surface area contributed by atoms with Crippen molar-refractivity contribution in [3.63, 3.8) is 0 Å². The first-order chi connectivity index (χ1) is 15.7. The lowest BCUT2D eigenvalue weighted by molar-refractivity contribution is 0.0352. The molecule has 15 heteroatoms. The van der Waals surface area contributed by atoms with Gasteiger partial charge >= 0.3 is 6.09 Å². The summed E-state index contributed by atoms with van der Waals surface area (Å²) in [6.45, 7) is 3.18. The molecular weight excluding hydrogens is 470 g/mol. The lowest BCUT2D eigenvalue weighted by Crippen LogP contribution is -2.53. The Labute approximate surface area is 197 Å². The molecule has 0 aliphatic carbocycles. The van der Waals surface area contributed by atoms with Gasteiger partial charge in [0, 0.05) is 42.2 Å². The average molecular weight is 502 g/mol. The molecule has 0 radical (unpaired) electrons. The summed E-state index contributed by atoms with van der Waals surface area (Å²) < 4.78 is 33.6. The first-order valence-corrected chi connectivity index (χ1v) is 12.8. The third-order valence-corrected chi connectivity index (χ3v) is 7.80. The number of piperidine rings is 1. The second-order valence-electron chi connectivity index (χ2n) is 8.01. The SMILES string of the molecule is NCCCNSc1ccc(N2CCC3(CC2)CNC(=O)OC3)c(/C(N)=N/NN)c1S(N)(=O)=O.